The molecule has 0 amide bonds. The number of carbonyl (C=O) groups is 1. The molecule has 0 aromatic carbocycles. The van der Waals surface area contributed by atoms with Crippen molar-refractivity contribution in [3.63, 3.8) is 0 Å². The minimum absolute atomic E-state index is 0.212. The first-order chi connectivity index (χ1) is 7.63. The Labute approximate surface area is 108 Å². The maximum Gasteiger partial charge on any atom is 0.305 e. The Hall–Kier alpha value is -0.610. The lowest BCUT2D eigenvalue weighted by atomic mass is 10.1. The maximum atomic E-state index is 11.1. The van der Waals surface area contributed by atoms with E-state index < -0.39 is 0 Å². The highest BCUT2D eigenvalue weighted by Gasteiger charge is 2.11. The fourth-order valence-electron chi connectivity index (χ4n) is 1.24. The first-order valence-corrected chi connectivity index (χ1v) is 6.26. The van der Waals surface area contributed by atoms with Gasteiger partial charge in [-0.2, -0.15) is 0 Å². The molecule has 0 saturated heterocycles. The Morgan fingerprint density at radius 3 is 3.00 bits per heavy atom. The summed E-state index contributed by atoms with van der Waals surface area (Å²) in [5, 5.41) is -0.214. The summed E-state index contributed by atoms with van der Waals surface area (Å²) < 4.78 is 5.71. The Morgan fingerprint density at radius 1 is 1.62 bits per heavy atom. The molecule has 0 fully saturated rings. The van der Waals surface area contributed by atoms with E-state index in [1.807, 2.05) is 6.07 Å². The maximum absolute atomic E-state index is 11.1. The zero-order valence-electron chi connectivity index (χ0n) is 8.95. The first kappa shape index (κ1) is 13.5. The molecule has 88 valence electrons. The van der Waals surface area contributed by atoms with Gasteiger partial charge in [-0.05, 0) is 40.9 Å². The number of hydrogen-bond donors (Lipinski definition) is 0. The van der Waals surface area contributed by atoms with E-state index >= 15 is 0 Å². The van der Waals surface area contributed by atoms with Gasteiger partial charge in [-0.25, -0.2) is 0 Å². The molecule has 0 saturated carbocycles. The van der Waals surface area contributed by atoms with Crippen LogP contribution in [0.3, 0.4) is 0 Å². The van der Waals surface area contributed by atoms with Gasteiger partial charge in [0.25, 0.3) is 0 Å². The molecule has 1 unspecified atom stereocenters. The summed E-state index contributed by atoms with van der Waals surface area (Å²) in [5.74, 6) is -0.212. The van der Waals surface area contributed by atoms with Crippen molar-refractivity contribution in [2.75, 3.05) is 6.61 Å². The predicted octanol–water partition coefficient (Wildman–Crippen LogP) is 3.47. The molecule has 0 aliphatic rings. The molecule has 0 spiro atoms. The second-order valence-corrected chi connectivity index (χ2v) is 4.69. The van der Waals surface area contributed by atoms with E-state index in [0.717, 1.165) is 10.0 Å². The predicted molar refractivity (Wildman–Crippen MR) is 66.4 cm³/mol. The summed E-state index contributed by atoms with van der Waals surface area (Å²) >= 11 is 9.48. The fourth-order valence-corrected chi connectivity index (χ4v) is 1.85. The number of rotatable bonds is 5. The highest BCUT2D eigenvalue weighted by Crippen LogP contribution is 2.26. The second-order valence-electron chi connectivity index (χ2n) is 3.25. The van der Waals surface area contributed by atoms with E-state index in [4.69, 9.17) is 16.3 Å². The van der Waals surface area contributed by atoms with Crippen LogP contribution in [0.4, 0.5) is 0 Å². The summed E-state index contributed by atoms with van der Waals surface area (Å²) in [5.41, 5.74) is 0.903. The molecule has 0 aliphatic heterocycles. The van der Waals surface area contributed by atoms with Gasteiger partial charge in [0.05, 0.1) is 12.0 Å². The summed E-state index contributed by atoms with van der Waals surface area (Å²) in [6.07, 6.45) is 4.28. The van der Waals surface area contributed by atoms with Crippen LogP contribution in [0.15, 0.2) is 22.9 Å². The van der Waals surface area contributed by atoms with Crippen molar-refractivity contribution >= 4 is 33.5 Å². The third kappa shape index (κ3) is 4.49. The van der Waals surface area contributed by atoms with Crippen LogP contribution in [0, 0.1) is 0 Å². The lowest BCUT2D eigenvalue weighted by Crippen LogP contribution is -2.05. The third-order valence-corrected chi connectivity index (χ3v) is 2.90. The average molecular weight is 307 g/mol. The van der Waals surface area contributed by atoms with Crippen molar-refractivity contribution in [3.05, 3.63) is 28.5 Å². The van der Waals surface area contributed by atoms with Gasteiger partial charge in [0.2, 0.25) is 0 Å². The quantitative estimate of drug-likeness (QED) is 0.617. The van der Waals surface area contributed by atoms with Crippen LogP contribution in [0.2, 0.25) is 0 Å². The van der Waals surface area contributed by atoms with Gasteiger partial charge in [-0.15, -0.1) is 11.6 Å². The molecule has 0 aliphatic carbocycles. The van der Waals surface area contributed by atoms with Crippen LogP contribution >= 0.6 is 27.5 Å². The van der Waals surface area contributed by atoms with Gasteiger partial charge < -0.3 is 4.74 Å². The summed E-state index contributed by atoms with van der Waals surface area (Å²) in [6, 6.07) is 1.90. The molecule has 5 heteroatoms. The van der Waals surface area contributed by atoms with E-state index in [2.05, 4.69) is 20.9 Å². The van der Waals surface area contributed by atoms with E-state index in [0.29, 0.717) is 19.4 Å². The summed E-state index contributed by atoms with van der Waals surface area (Å²) in [7, 11) is 0. The van der Waals surface area contributed by atoms with Crippen molar-refractivity contribution in [1.29, 1.82) is 0 Å². The average Bonchev–Trinajstić information content (AvgIpc) is 2.26. The van der Waals surface area contributed by atoms with Gasteiger partial charge in [-0.1, -0.05) is 0 Å². The molecular formula is C11H13BrClNO2. The van der Waals surface area contributed by atoms with Gasteiger partial charge in [-0.3, -0.25) is 9.78 Å². The van der Waals surface area contributed by atoms with E-state index in [9.17, 15) is 4.79 Å². The Morgan fingerprint density at radius 2 is 2.38 bits per heavy atom. The highest BCUT2D eigenvalue weighted by molar-refractivity contribution is 9.10. The fraction of sp³-hybridized carbons (Fsp3) is 0.455. The van der Waals surface area contributed by atoms with Gasteiger partial charge in [0.15, 0.2) is 0 Å². The van der Waals surface area contributed by atoms with Crippen LogP contribution < -0.4 is 0 Å². The zero-order valence-corrected chi connectivity index (χ0v) is 11.3. The standard InChI is InChI=1S/C11H13BrClNO2/c1-2-16-11(15)4-3-10(13)8-5-9(12)7-14-6-8/h5-7,10H,2-4H2,1H3. The van der Waals surface area contributed by atoms with Crippen molar-refractivity contribution in [1.82, 2.24) is 4.98 Å². The number of ether oxygens (including phenoxy) is 1. The Balaban J connectivity index is 2.46. The molecule has 0 N–H and O–H groups in total. The Kier molecular flexibility index (Phi) is 5.77. The monoisotopic (exact) mass is 305 g/mol. The number of carbonyl (C=O) groups excluding carboxylic acids is 1. The summed E-state index contributed by atoms with van der Waals surface area (Å²) in [6.45, 7) is 2.19. The number of alkyl halides is 1. The first-order valence-electron chi connectivity index (χ1n) is 5.03. The molecular weight excluding hydrogens is 293 g/mol. The molecule has 1 rings (SSSR count). The van der Waals surface area contributed by atoms with Crippen molar-refractivity contribution in [2.24, 2.45) is 0 Å². The second kappa shape index (κ2) is 6.86. The summed E-state index contributed by atoms with van der Waals surface area (Å²) in [4.78, 5) is 15.2. The lowest BCUT2D eigenvalue weighted by molar-refractivity contribution is -0.143. The smallest absolute Gasteiger partial charge is 0.305 e. The van der Waals surface area contributed by atoms with Gasteiger partial charge in [0.1, 0.15) is 0 Å². The molecule has 0 bridgehead atoms. The highest BCUT2D eigenvalue weighted by atomic mass is 79.9. The number of esters is 1. The topological polar surface area (TPSA) is 39.2 Å². The van der Waals surface area contributed by atoms with Crippen molar-refractivity contribution in [3.8, 4) is 0 Å². The molecule has 0 radical (unpaired) electrons. The van der Waals surface area contributed by atoms with Crippen molar-refractivity contribution < 1.29 is 9.53 Å². The van der Waals surface area contributed by atoms with Crippen LogP contribution in [0.5, 0.6) is 0 Å². The number of hydrogen-bond acceptors (Lipinski definition) is 3. The molecule has 16 heavy (non-hydrogen) atoms. The number of pyridine rings is 1. The minimum Gasteiger partial charge on any atom is -0.466 e. The molecule has 1 aromatic heterocycles. The zero-order chi connectivity index (χ0) is 12.0. The number of halogens is 2. The number of aromatic nitrogens is 1. The minimum atomic E-state index is -0.214. The van der Waals surface area contributed by atoms with Gasteiger partial charge in [0, 0.05) is 23.3 Å². The number of nitrogens with zero attached hydrogens (tertiary/aromatic N) is 1. The molecule has 1 atom stereocenters. The van der Waals surface area contributed by atoms with Crippen molar-refractivity contribution in [2.45, 2.75) is 25.1 Å². The normalized spacial score (nSPS) is 12.2. The Bertz CT molecular complexity index is 360. The largest absolute Gasteiger partial charge is 0.466 e. The molecule has 1 aromatic rings. The molecule has 3 nitrogen and oxygen atoms in total. The van der Waals surface area contributed by atoms with Gasteiger partial charge >= 0.3 is 5.97 Å². The van der Waals surface area contributed by atoms with E-state index in [1.165, 1.54) is 0 Å². The van der Waals surface area contributed by atoms with Crippen LogP contribution in [-0.2, 0) is 9.53 Å². The SMILES string of the molecule is CCOC(=O)CCC(Cl)c1cncc(Br)c1. The van der Waals surface area contributed by atoms with Crippen LogP contribution in [-0.4, -0.2) is 17.6 Å². The van der Waals surface area contributed by atoms with Crippen LogP contribution in [0.1, 0.15) is 30.7 Å². The van der Waals surface area contributed by atoms with Crippen LogP contribution in [0.25, 0.3) is 0 Å². The van der Waals surface area contributed by atoms with E-state index in [1.54, 1.807) is 19.3 Å². The lowest BCUT2D eigenvalue weighted by Gasteiger charge is -2.09. The molecule has 1 heterocycles. The third-order valence-electron chi connectivity index (χ3n) is 1.99. The van der Waals surface area contributed by atoms with E-state index in [-0.39, 0.29) is 11.3 Å².